The van der Waals surface area contributed by atoms with Crippen molar-refractivity contribution in [1.82, 2.24) is 0 Å². The van der Waals surface area contributed by atoms with E-state index in [1.165, 1.54) is 39.4 Å². The zero-order chi connectivity index (χ0) is 18.3. The average molecular weight is 336 g/mol. The van der Waals surface area contributed by atoms with Crippen LogP contribution in [0.5, 0.6) is 17.2 Å². The van der Waals surface area contributed by atoms with Gasteiger partial charge in [-0.3, -0.25) is 4.79 Å². The van der Waals surface area contributed by atoms with Gasteiger partial charge in [0.1, 0.15) is 5.57 Å². The molecule has 1 rings (SSSR count). The van der Waals surface area contributed by atoms with Crippen molar-refractivity contribution in [1.29, 1.82) is 0 Å². The molecule has 0 heterocycles. The third kappa shape index (κ3) is 5.30. The Morgan fingerprint density at radius 2 is 1.71 bits per heavy atom. The SMILES string of the molecule is COc1cc(C=C(C(C)=O)C(=O)OCCC(C)C)cc(OC)c1O. The molecular formula is C18H24O6. The predicted octanol–water partition coefficient (Wildman–Crippen LogP) is 2.97. The molecule has 0 aromatic heterocycles. The van der Waals surface area contributed by atoms with Gasteiger partial charge in [0.2, 0.25) is 5.75 Å². The van der Waals surface area contributed by atoms with Gasteiger partial charge in [-0.15, -0.1) is 0 Å². The Bertz CT molecular complexity index is 605. The van der Waals surface area contributed by atoms with Crippen molar-refractivity contribution in [3.05, 3.63) is 23.3 Å². The lowest BCUT2D eigenvalue weighted by Crippen LogP contribution is -2.15. The fraction of sp³-hybridized carbons (Fsp3) is 0.444. The average Bonchev–Trinajstić information content (AvgIpc) is 2.52. The molecule has 0 saturated heterocycles. The molecule has 6 nitrogen and oxygen atoms in total. The normalized spacial score (nSPS) is 11.3. The molecule has 0 fully saturated rings. The number of aromatic hydroxyl groups is 1. The van der Waals surface area contributed by atoms with Crippen LogP contribution >= 0.6 is 0 Å². The van der Waals surface area contributed by atoms with E-state index in [1.54, 1.807) is 0 Å². The Balaban J connectivity index is 3.12. The molecule has 0 aliphatic heterocycles. The number of rotatable bonds is 8. The van der Waals surface area contributed by atoms with Crippen molar-refractivity contribution in [3.63, 3.8) is 0 Å². The summed E-state index contributed by atoms with van der Waals surface area (Å²) in [7, 11) is 2.79. The zero-order valence-electron chi connectivity index (χ0n) is 14.7. The molecule has 0 saturated carbocycles. The first kappa shape index (κ1) is 19.5. The van der Waals surface area contributed by atoms with Gasteiger partial charge in [0, 0.05) is 0 Å². The Kier molecular flexibility index (Phi) is 7.30. The largest absolute Gasteiger partial charge is 0.502 e. The number of benzene rings is 1. The van der Waals surface area contributed by atoms with Crippen molar-refractivity contribution in [2.75, 3.05) is 20.8 Å². The van der Waals surface area contributed by atoms with Gasteiger partial charge in [-0.25, -0.2) is 4.79 Å². The van der Waals surface area contributed by atoms with Crippen molar-refractivity contribution in [2.45, 2.75) is 27.2 Å². The van der Waals surface area contributed by atoms with Crippen LogP contribution in [-0.2, 0) is 14.3 Å². The Hall–Kier alpha value is -2.50. The first-order chi connectivity index (χ1) is 11.3. The van der Waals surface area contributed by atoms with Crippen LogP contribution < -0.4 is 9.47 Å². The van der Waals surface area contributed by atoms with E-state index in [2.05, 4.69) is 0 Å². The molecule has 132 valence electrons. The molecule has 0 unspecified atom stereocenters. The number of ether oxygens (including phenoxy) is 3. The van der Waals surface area contributed by atoms with E-state index in [0.717, 1.165) is 6.42 Å². The Labute approximate surface area is 142 Å². The topological polar surface area (TPSA) is 82.1 Å². The Morgan fingerprint density at radius 3 is 2.12 bits per heavy atom. The summed E-state index contributed by atoms with van der Waals surface area (Å²) in [6, 6.07) is 3.00. The highest BCUT2D eigenvalue weighted by Gasteiger charge is 2.18. The van der Waals surface area contributed by atoms with Crippen molar-refractivity contribution >= 4 is 17.8 Å². The van der Waals surface area contributed by atoms with Gasteiger partial charge in [-0.2, -0.15) is 0 Å². The maximum atomic E-state index is 12.1. The molecule has 24 heavy (non-hydrogen) atoms. The number of ketones is 1. The lowest BCUT2D eigenvalue weighted by Gasteiger charge is -2.11. The summed E-state index contributed by atoms with van der Waals surface area (Å²) in [6.07, 6.45) is 2.11. The first-order valence-electron chi connectivity index (χ1n) is 7.64. The lowest BCUT2D eigenvalue weighted by molar-refractivity contribution is -0.140. The fourth-order valence-electron chi connectivity index (χ4n) is 1.93. The molecule has 0 spiro atoms. The van der Waals surface area contributed by atoms with Gasteiger partial charge in [0.25, 0.3) is 0 Å². The number of esters is 1. The van der Waals surface area contributed by atoms with Crippen molar-refractivity contribution in [3.8, 4) is 17.2 Å². The maximum Gasteiger partial charge on any atom is 0.341 e. The van der Waals surface area contributed by atoms with Crippen molar-refractivity contribution in [2.24, 2.45) is 5.92 Å². The minimum Gasteiger partial charge on any atom is -0.502 e. The van der Waals surface area contributed by atoms with Crippen LogP contribution in [0.2, 0.25) is 0 Å². The molecule has 0 radical (unpaired) electrons. The van der Waals surface area contributed by atoms with E-state index < -0.39 is 11.8 Å². The fourth-order valence-corrected chi connectivity index (χ4v) is 1.93. The van der Waals surface area contributed by atoms with Crippen LogP contribution in [0.1, 0.15) is 32.8 Å². The number of hydrogen-bond acceptors (Lipinski definition) is 6. The van der Waals surface area contributed by atoms with Crippen LogP contribution in [0.3, 0.4) is 0 Å². The van der Waals surface area contributed by atoms with E-state index >= 15 is 0 Å². The number of Topliss-reactive ketones (excluding diaryl/α,β-unsaturated/α-hetero) is 1. The second-order valence-electron chi connectivity index (χ2n) is 5.71. The molecule has 6 heteroatoms. The standard InChI is InChI=1S/C18H24O6/c1-11(2)6-7-24-18(21)14(12(3)19)8-13-9-15(22-4)17(20)16(10-13)23-5/h8-11,20H,6-7H2,1-5H3. The lowest BCUT2D eigenvalue weighted by atomic mass is 10.1. The van der Waals surface area contributed by atoms with E-state index in [1.807, 2.05) is 13.8 Å². The molecule has 0 aliphatic carbocycles. The summed E-state index contributed by atoms with van der Waals surface area (Å²) >= 11 is 0. The van der Waals surface area contributed by atoms with Crippen LogP contribution in [0.25, 0.3) is 6.08 Å². The van der Waals surface area contributed by atoms with E-state index in [0.29, 0.717) is 11.5 Å². The Morgan fingerprint density at radius 1 is 1.17 bits per heavy atom. The predicted molar refractivity (Wildman–Crippen MR) is 90.3 cm³/mol. The van der Waals surface area contributed by atoms with Crippen LogP contribution in [0.15, 0.2) is 17.7 Å². The molecule has 1 aromatic rings. The van der Waals surface area contributed by atoms with Gasteiger partial charge < -0.3 is 19.3 Å². The number of methoxy groups -OCH3 is 2. The molecule has 0 aliphatic rings. The van der Waals surface area contributed by atoms with E-state index in [-0.39, 0.29) is 29.4 Å². The quantitative estimate of drug-likeness (QED) is 0.340. The molecule has 0 atom stereocenters. The number of carbonyl (C=O) groups excluding carboxylic acids is 2. The molecule has 0 amide bonds. The number of phenolic OH excluding ortho intramolecular Hbond substituents is 1. The third-order valence-corrected chi connectivity index (χ3v) is 3.34. The number of phenols is 1. The summed E-state index contributed by atoms with van der Waals surface area (Å²) in [5, 5.41) is 9.90. The number of carbonyl (C=O) groups is 2. The number of hydrogen-bond donors (Lipinski definition) is 1. The minimum absolute atomic E-state index is 0.0754. The molecular weight excluding hydrogens is 312 g/mol. The molecule has 1 N–H and O–H groups in total. The van der Waals surface area contributed by atoms with E-state index in [9.17, 15) is 14.7 Å². The van der Waals surface area contributed by atoms with Crippen LogP contribution in [0, 0.1) is 5.92 Å². The maximum absolute atomic E-state index is 12.1. The summed E-state index contributed by atoms with van der Waals surface area (Å²) in [6.45, 7) is 5.59. The van der Waals surface area contributed by atoms with Gasteiger partial charge in [0.05, 0.1) is 20.8 Å². The highest BCUT2D eigenvalue weighted by molar-refractivity contribution is 6.19. The second kappa shape index (κ2) is 8.96. The zero-order valence-corrected chi connectivity index (χ0v) is 14.7. The van der Waals surface area contributed by atoms with E-state index in [4.69, 9.17) is 14.2 Å². The second-order valence-corrected chi connectivity index (χ2v) is 5.71. The molecule has 0 bridgehead atoms. The van der Waals surface area contributed by atoms with Gasteiger partial charge in [-0.1, -0.05) is 13.8 Å². The molecule has 1 aromatic carbocycles. The smallest absolute Gasteiger partial charge is 0.341 e. The monoisotopic (exact) mass is 336 g/mol. The summed E-state index contributed by atoms with van der Waals surface area (Å²) in [5.41, 5.74) is 0.404. The van der Waals surface area contributed by atoms with Gasteiger partial charge in [-0.05, 0) is 43.0 Å². The summed E-state index contributed by atoms with van der Waals surface area (Å²) in [5.74, 6) is -0.479. The third-order valence-electron chi connectivity index (χ3n) is 3.34. The van der Waals surface area contributed by atoms with Gasteiger partial charge in [0.15, 0.2) is 17.3 Å². The highest BCUT2D eigenvalue weighted by atomic mass is 16.5. The van der Waals surface area contributed by atoms with Gasteiger partial charge >= 0.3 is 5.97 Å². The van der Waals surface area contributed by atoms with Crippen molar-refractivity contribution < 1.29 is 28.9 Å². The summed E-state index contributed by atoms with van der Waals surface area (Å²) < 4.78 is 15.3. The van der Waals surface area contributed by atoms with Crippen LogP contribution in [-0.4, -0.2) is 37.7 Å². The summed E-state index contributed by atoms with van der Waals surface area (Å²) in [4.78, 5) is 23.9. The van der Waals surface area contributed by atoms with Crippen LogP contribution in [0.4, 0.5) is 0 Å². The minimum atomic E-state index is -0.672. The first-order valence-corrected chi connectivity index (χ1v) is 7.64. The highest BCUT2D eigenvalue weighted by Crippen LogP contribution is 2.37.